The molecule has 1 N–H and O–H groups in total. The lowest BCUT2D eigenvalue weighted by Gasteiger charge is -2.14. The molecule has 0 bridgehead atoms. The topological polar surface area (TPSA) is 56.8 Å². The van der Waals surface area contributed by atoms with Crippen LogP contribution in [0.4, 0.5) is 14.5 Å². The van der Waals surface area contributed by atoms with Gasteiger partial charge in [-0.1, -0.05) is 24.9 Å². The fraction of sp³-hybridized carbons (Fsp3) is 0.316. The predicted molar refractivity (Wildman–Crippen MR) is 99.4 cm³/mol. The zero-order valence-corrected chi connectivity index (χ0v) is 15.7. The minimum absolute atomic E-state index is 0.00120. The van der Waals surface area contributed by atoms with Crippen molar-refractivity contribution in [3.05, 3.63) is 47.0 Å². The van der Waals surface area contributed by atoms with Gasteiger partial charge >= 0.3 is 6.61 Å². The lowest BCUT2D eigenvalue weighted by molar-refractivity contribution is -0.0498. The Morgan fingerprint density at radius 1 is 1.22 bits per heavy atom. The van der Waals surface area contributed by atoms with Crippen LogP contribution in [0, 0.1) is 0 Å². The number of halogens is 3. The van der Waals surface area contributed by atoms with Gasteiger partial charge in [-0.3, -0.25) is 4.79 Å². The van der Waals surface area contributed by atoms with Gasteiger partial charge in [0.1, 0.15) is 5.75 Å². The molecule has 0 radical (unpaired) electrons. The van der Waals surface area contributed by atoms with E-state index in [-0.39, 0.29) is 16.3 Å². The summed E-state index contributed by atoms with van der Waals surface area (Å²) in [7, 11) is 1.46. The second kappa shape index (κ2) is 9.97. The van der Waals surface area contributed by atoms with E-state index in [9.17, 15) is 13.6 Å². The molecule has 2 rings (SSSR count). The molecule has 0 atom stereocenters. The molecular formula is C19H20ClF2NO4. The predicted octanol–water partition coefficient (Wildman–Crippen LogP) is 5.38. The Hall–Kier alpha value is -2.54. The normalized spacial score (nSPS) is 10.6. The Morgan fingerprint density at radius 3 is 2.52 bits per heavy atom. The van der Waals surface area contributed by atoms with Crippen LogP contribution in [0.2, 0.25) is 5.02 Å². The summed E-state index contributed by atoms with van der Waals surface area (Å²) >= 11 is 6.24. The van der Waals surface area contributed by atoms with Crippen LogP contribution in [0.25, 0.3) is 0 Å². The molecule has 0 aromatic heterocycles. The van der Waals surface area contributed by atoms with Gasteiger partial charge in [0.15, 0.2) is 11.5 Å². The average Bonchev–Trinajstić information content (AvgIpc) is 2.64. The number of rotatable bonds is 9. The smallest absolute Gasteiger partial charge is 0.387 e. The van der Waals surface area contributed by atoms with Gasteiger partial charge in [-0.2, -0.15) is 8.78 Å². The third-order valence-electron chi connectivity index (χ3n) is 3.57. The first-order valence-corrected chi connectivity index (χ1v) is 8.69. The van der Waals surface area contributed by atoms with E-state index in [0.29, 0.717) is 23.8 Å². The van der Waals surface area contributed by atoms with Gasteiger partial charge in [0.2, 0.25) is 0 Å². The van der Waals surface area contributed by atoms with E-state index in [0.717, 1.165) is 12.8 Å². The zero-order chi connectivity index (χ0) is 19.8. The van der Waals surface area contributed by atoms with Crippen molar-refractivity contribution in [2.45, 2.75) is 26.4 Å². The number of benzene rings is 2. The molecule has 0 fully saturated rings. The maximum Gasteiger partial charge on any atom is 0.387 e. The highest BCUT2D eigenvalue weighted by Gasteiger charge is 2.16. The molecule has 27 heavy (non-hydrogen) atoms. The molecule has 0 unspecified atom stereocenters. The summed E-state index contributed by atoms with van der Waals surface area (Å²) in [4.78, 5) is 12.5. The summed E-state index contributed by atoms with van der Waals surface area (Å²) in [5.41, 5.74) is 0.688. The third kappa shape index (κ3) is 5.99. The van der Waals surface area contributed by atoms with Crippen LogP contribution in [0.1, 0.15) is 30.1 Å². The van der Waals surface area contributed by atoms with Crippen LogP contribution in [0.5, 0.6) is 17.2 Å². The van der Waals surface area contributed by atoms with E-state index in [1.54, 1.807) is 0 Å². The van der Waals surface area contributed by atoms with E-state index in [4.69, 9.17) is 21.1 Å². The van der Waals surface area contributed by atoms with Crippen molar-refractivity contribution in [1.29, 1.82) is 0 Å². The maximum absolute atomic E-state index is 12.5. The fourth-order valence-electron chi connectivity index (χ4n) is 2.23. The van der Waals surface area contributed by atoms with E-state index in [2.05, 4.69) is 10.1 Å². The van der Waals surface area contributed by atoms with Gasteiger partial charge in [-0.05, 0) is 42.8 Å². The first-order chi connectivity index (χ1) is 12.9. The van der Waals surface area contributed by atoms with Gasteiger partial charge in [-0.25, -0.2) is 0 Å². The number of methoxy groups -OCH3 is 1. The lowest BCUT2D eigenvalue weighted by Crippen LogP contribution is -2.12. The highest BCUT2D eigenvalue weighted by Crippen LogP contribution is 2.36. The minimum Gasteiger partial charge on any atom is -0.493 e. The van der Waals surface area contributed by atoms with Gasteiger partial charge in [-0.15, -0.1) is 0 Å². The molecule has 5 nitrogen and oxygen atoms in total. The van der Waals surface area contributed by atoms with Gasteiger partial charge in [0.05, 0.1) is 18.7 Å². The molecule has 2 aromatic carbocycles. The Labute approximate surface area is 161 Å². The molecule has 0 spiro atoms. The van der Waals surface area contributed by atoms with Crippen LogP contribution in [0.3, 0.4) is 0 Å². The fourth-order valence-corrected chi connectivity index (χ4v) is 2.50. The minimum atomic E-state index is -2.90. The molecular weight excluding hydrogens is 380 g/mol. The summed E-state index contributed by atoms with van der Waals surface area (Å²) in [5, 5.41) is 2.91. The first-order valence-electron chi connectivity index (χ1n) is 8.31. The summed E-state index contributed by atoms with van der Waals surface area (Å²) in [6, 6.07) is 8.58. The second-order valence-corrected chi connectivity index (χ2v) is 5.96. The van der Waals surface area contributed by atoms with Crippen molar-refractivity contribution in [2.75, 3.05) is 19.0 Å². The quantitative estimate of drug-likeness (QED) is 0.575. The average molecular weight is 400 g/mol. The number of alkyl halides is 2. The number of hydrogen-bond donors (Lipinski definition) is 1. The zero-order valence-electron chi connectivity index (χ0n) is 14.9. The highest BCUT2D eigenvalue weighted by atomic mass is 35.5. The molecule has 1 amide bonds. The summed E-state index contributed by atoms with van der Waals surface area (Å²) < 4.78 is 39.5. The summed E-state index contributed by atoms with van der Waals surface area (Å²) in [6.45, 7) is -0.370. The SMILES string of the molecule is CCCCOc1c(Cl)cc(C(=O)Nc2ccc(OC(F)F)cc2)cc1OC. The van der Waals surface area contributed by atoms with Crippen LogP contribution in [-0.4, -0.2) is 26.2 Å². The number of hydrogen-bond acceptors (Lipinski definition) is 4. The van der Waals surface area contributed by atoms with E-state index < -0.39 is 12.5 Å². The monoisotopic (exact) mass is 399 g/mol. The standard InChI is InChI=1S/C19H20ClF2NO4/c1-3-4-9-26-17-15(20)10-12(11-16(17)25-2)18(24)23-13-5-7-14(8-6-13)27-19(21)22/h5-8,10-11,19H,3-4,9H2,1-2H3,(H,23,24). The molecule has 8 heteroatoms. The number of carbonyl (C=O) groups excluding carboxylic acids is 1. The first kappa shape index (κ1) is 20.8. The van der Waals surface area contributed by atoms with Gasteiger partial charge in [0, 0.05) is 11.3 Å². The molecule has 2 aromatic rings. The van der Waals surface area contributed by atoms with E-state index in [1.165, 1.54) is 43.5 Å². The van der Waals surface area contributed by atoms with Crippen molar-refractivity contribution < 1.29 is 27.8 Å². The second-order valence-electron chi connectivity index (χ2n) is 5.55. The van der Waals surface area contributed by atoms with Crippen LogP contribution < -0.4 is 19.5 Å². The lowest BCUT2D eigenvalue weighted by atomic mass is 10.1. The third-order valence-corrected chi connectivity index (χ3v) is 3.85. The molecule has 0 saturated carbocycles. The molecule has 146 valence electrons. The number of amides is 1. The number of anilines is 1. The van der Waals surface area contributed by atoms with Crippen molar-refractivity contribution in [3.8, 4) is 17.2 Å². The molecule has 0 aliphatic carbocycles. The molecule has 0 heterocycles. The van der Waals surface area contributed by atoms with E-state index >= 15 is 0 Å². The Bertz CT molecular complexity index is 769. The summed E-state index contributed by atoms with van der Waals surface area (Å²) in [6.07, 6.45) is 1.84. The Balaban J connectivity index is 2.12. The van der Waals surface area contributed by atoms with Crippen LogP contribution >= 0.6 is 11.6 Å². The largest absolute Gasteiger partial charge is 0.493 e. The number of ether oxygens (including phenoxy) is 3. The van der Waals surface area contributed by atoms with Crippen molar-refractivity contribution in [3.63, 3.8) is 0 Å². The maximum atomic E-state index is 12.5. The molecule has 0 aliphatic rings. The van der Waals surface area contributed by atoms with E-state index in [1.807, 2.05) is 6.92 Å². The number of unbranched alkanes of at least 4 members (excludes halogenated alkanes) is 1. The number of nitrogens with one attached hydrogen (secondary N) is 1. The van der Waals surface area contributed by atoms with Crippen molar-refractivity contribution >= 4 is 23.2 Å². The van der Waals surface area contributed by atoms with Crippen molar-refractivity contribution in [2.24, 2.45) is 0 Å². The van der Waals surface area contributed by atoms with Crippen LogP contribution in [-0.2, 0) is 0 Å². The van der Waals surface area contributed by atoms with Gasteiger partial charge in [0.25, 0.3) is 5.91 Å². The molecule has 0 saturated heterocycles. The Morgan fingerprint density at radius 2 is 1.93 bits per heavy atom. The van der Waals surface area contributed by atoms with Crippen molar-refractivity contribution in [1.82, 2.24) is 0 Å². The highest BCUT2D eigenvalue weighted by molar-refractivity contribution is 6.32. The Kier molecular flexibility index (Phi) is 7.67. The summed E-state index contributed by atoms with van der Waals surface area (Å²) in [5.74, 6) is 0.307. The van der Waals surface area contributed by atoms with Crippen LogP contribution in [0.15, 0.2) is 36.4 Å². The van der Waals surface area contributed by atoms with Gasteiger partial charge < -0.3 is 19.5 Å². The molecule has 0 aliphatic heterocycles. The number of carbonyl (C=O) groups is 1.